The molecule has 2 amide bonds. The first-order valence-electron chi connectivity index (χ1n) is 10.0. The van der Waals surface area contributed by atoms with E-state index in [2.05, 4.69) is 13.0 Å². The minimum Gasteiger partial charge on any atom is -0.298 e. The fourth-order valence-corrected chi connectivity index (χ4v) is 4.58. The quantitative estimate of drug-likeness (QED) is 0.239. The number of imide groups is 1. The molecule has 1 saturated heterocycles. The number of carbonyl (C=O) groups excluding carboxylic acids is 3. The monoisotopic (exact) mass is 411 g/mol. The number of allylic oxidation sites excluding steroid dienone is 5. The summed E-state index contributed by atoms with van der Waals surface area (Å²) >= 11 is 1.59. The summed E-state index contributed by atoms with van der Waals surface area (Å²) in [5.41, 5.74) is 3.71. The number of amides is 2. The van der Waals surface area contributed by atoms with Crippen LogP contribution in [0.25, 0.3) is 0 Å². The van der Waals surface area contributed by atoms with E-state index in [1.54, 1.807) is 11.8 Å². The molecule has 154 valence electrons. The van der Waals surface area contributed by atoms with Gasteiger partial charge in [-0.3, -0.25) is 19.3 Å². The van der Waals surface area contributed by atoms with Crippen molar-refractivity contribution in [3.8, 4) is 0 Å². The van der Waals surface area contributed by atoms with Gasteiger partial charge in [-0.25, -0.2) is 0 Å². The van der Waals surface area contributed by atoms with Gasteiger partial charge in [0.15, 0.2) is 6.29 Å². The van der Waals surface area contributed by atoms with Gasteiger partial charge < -0.3 is 0 Å². The van der Waals surface area contributed by atoms with E-state index in [0.29, 0.717) is 31.4 Å². The summed E-state index contributed by atoms with van der Waals surface area (Å²) in [6.45, 7) is 8.39. The van der Waals surface area contributed by atoms with Crippen LogP contribution in [0.1, 0.15) is 60.2 Å². The van der Waals surface area contributed by atoms with Crippen molar-refractivity contribution in [1.82, 2.24) is 4.90 Å². The lowest BCUT2D eigenvalue weighted by Gasteiger charge is -2.19. The van der Waals surface area contributed by atoms with Crippen molar-refractivity contribution in [2.24, 2.45) is 0 Å². The number of rotatable bonds is 9. The highest BCUT2D eigenvalue weighted by molar-refractivity contribution is 8.03. The molecule has 1 aromatic rings. The topological polar surface area (TPSA) is 54.5 Å². The minimum atomic E-state index is -0.0919. The predicted octanol–water partition coefficient (Wildman–Crippen LogP) is 5.33. The van der Waals surface area contributed by atoms with Crippen molar-refractivity contribution >= 4 is 29.9 Å². The van der Waals surface area contributed by atoms with Crippen molar-refractivity contribution in [3.05, 3.63) is 63.6 Å². The average Bonchev–Trinajstić information content (AvgIpc) is 3.01. The molecule has 0 spiro atoms. The zero-order chi connectivity index (χ0) is 21.4. The van der Waals surface area contributed by atoms with Gasteiger partial charge in [-0.1, -0.05) is 49.1 Å². The maximum Gasteiger partial charge on any atom is 0.229 e. The van der Waals surface area contributed by atoms with E-state index in [1.807, 2.05) is 51.1 Å². The van der Waals surface area contributed by atoms with Crippen LogP contribution in [0.5, 0.6) is 0 Å². The molecule has 1 fully saturated rings. The molecule has 0 radical (unpaired) electrons. The van der Waals surface area contributed by atoms with Crippen molar-refractivity contribution in [3.63, 3.8) is 0 Å². The van der Waals surface area contributed by atoms with Gasteiger partial charge in [0.25, 0.3) is 0 Å². The van der Waals surface area contributed by atoms with Gasteiger partial charge in [0, 0.05) is 34.8 Å². The Morgan fingerprint density at radius 2 is 1.86 bits per heavy atom. The van der Waals surface area contributed by atoms with Crippen LogP contribution in [0.4, 0.5) is 0 Å². The Hall–Kier alpha value is -2.40. The van der Waals surface area contributed by atoms with Crippen molar-refractivity contribution in [2.45, 2.75) is 58.3 Å². The third-order valence-electron chi connectivity index (χ3n) is 4.95. The predicted molar refractivity (Wildman–Crippen MR) is 119 cm³/mol. The third kappa shape index (κ3) is 5.80. The van der Waals surface area contributed by atoms with Gasteiger partial charge in [0.05, 0.1) is 0 Å². The molecule has 5 heteroatoms. The second kappa shape index (κ2) is 11.0. The van der Waals surface area contributed by atoms with Crippen LogP contribution in [0.2, 0.25) is 0 Å². The maximum atomic E-state index is 11.9. The Morgan fingerprint density at radius 1 is 1.17 bits per heavy atom. The number of carbonyl (C=O) groups is 3. The molecule has 0 atom stereocenters. The SMILES string of the molecule is C\C=C/C=C\C(=C\CC)Sc1c(C)c(CCN2C(=O)CCC2=O)cc(C)c1C=O. The molecule has 1 aliphatic rings. The number of hydrogen-bond acceptors (Lipinski definition) is 4. The van der Waals surface area contributed by atoms with Gasteiger partial charge in [-0.05, 0) is 56.4 Å². The summed E-state index contributed by atoms with van der Waals surface area (Å²) in [4.78, 5) is 39.0. The number of likely N-dealkylation sites (tertiary alicyclic amines) is 1. The molecule has 1 aliphatic heterocycles. The lowest BCUT2D eigenvalue weighted by Crippen LogP contribution is -2.31. The molecule has 4 nitrogen and oxygen atoms in total. The molecule has 0 bridgehead atoms. The largest absolute Gasteiger partial charge is 0.298 e. The normalized spacial score (nSPS) is 15.3. The summed E-state index contributed by atoms with van der Waals surface area (Å²) in [6.07, 6.45) is 13.2. The Bertz CT molecular complexity index is 865. The number of aryl methyl sites for hydroxylation is 1. The summed E-state index contributed by atoms with van der Waals surface area (Å²) in [7, 11) is 0. The first kappa shape index (κ1) is 22.9. The fraction of sp³-hybridized carbons (Fsp3) is 0.375. The van der Waals surface area contributed by atoms with Gasteiger partial charge in [-0.15, -0.1) is 0 Å². The smallest absolute Gasteiger partial charge is 0.229 e. The van der Waals surface area contributed by atoms with Crippen LogP contribution < -0.4 is 0 Å². The molecule has 0 unspecified atom stereocenters. The van der Waals surface area contributed by atoms with Gasteiger partial charge in [0.2, 0.25) is 11.8 Å². The Balaban J connectivity index is 2.35. The molecule has 2 rings (SSSR count). The van der Waals surface area contributed by atoms with E-state index in [0.717, 1.165) is 39.2 Å². The molecule has 0 aromatic heterocycles. The van der Waals surface area contributed by atoms with Crippen LogP contribution in [0, 0.1) is 13.8 Å². The Kier molecular flexibility index (Phi) is 8.65. The first-order chi connectivity index (χ1) is 13.9. The lowest BCUT2D eigenvalue weighted by atomic mass is 9.98. The van der Waals surface area contributed by atoms with E-state index in [4.69, 9.17) is 0 Å². The van der Waals surface area contributed by atoms with E-state index in [-0.39, 0.29) is 11.8 Å². The molecule has 1 heterocycles. The highest BCUT2D eigenvalue weighted by Crippen LogP contribution is 2.36. The van der Waals surface area contributed by atoms with Crippen molar-refractivity contribution in [2.75, 3.05) is 6.54 Å². The van der Waals surface area contributed by atoms with E-state index in [9.17, 15) is 14.4 Å². The number of benzene rings is 1. The molecule has 0 saturated carbocycles. The molecule has 0 aliphatic carbocycles. The van der Waals surface area contributed by atoms with Gasteiger partial charge >= 0.3 is 0 Å². The molecule has 1 aromatic carbocycles. The summed E-state index contributed by atoms with van der Waals surface area (Å²) in [5, 5.41) is 0. The van der Waals surface area contributed by atoms with E-state index >= 15 is 0 Å². The molecular weight excluding hydrogens is 382 g/mol. The average molecular weight is 412 g/mol. The van der Waals surface area contributed by atoms with E-state index in [1.165, 1.54) is 4.90 Å². The Morgan fingerprint density at radius 3 is 2.45 bits per heavy atom. The summed E-state index contributed by atoms with van der Waals surface area (Å²) < 4.78 is 0. The van der Waals surface area contributed by atoms with Crippen LogP contribution in [-0.2, 0) is 16.0 Å². The lowest BCUT2D eigenvalue weighted by molar-refractivity contribution is -0.138. The van der Waals surface area contributed by atoms with Gasteiger partial charge in [-0.2, -0.15) is 0 Å². The number of nitrogens with zero attached hydrogens (tertiary/aromatic N) is 1. The fourth-order valence-electron chi connectivity index (χ4n) is 3.34. The zero-order valence-corrected chi connectivity index (χ0v) is 18.5. The van der Waals surface area contributed by atoms with Crippen LogP contribution in [0.3, 0.4) is 0 Å². The number of aldehydes is 1. The van der Waals surface area contributed by atoms with Crippen LogP contribution >= 0.6 is 11.8 Å². The maximum absolute atomic E-state index is 11.9. The highest BCUT2D eigenvalue weighted by atomic mass is 32.2. The second-order valence-electron chi connectivity index (χ2n) is 7.03. The van der Waals surface area contributed by atoms with Crippen LogP contribution in [-0.4, -0.2) is 29.5 Å². The standard InChI is InChI=1S/C24H29NO3S/c1-5-7-8-10-20(9-6-2)29-24-18(4)19(15-17(3)21(24)16-26)13-14-25-22(27)11-12-23(25)28/h5,7-10,15-16H,6,11-14H2,1-4H3/b7-5-,10-8-,20-9-. The van der Waals surface area contributed by atoms with Gasteiger partial charge in [0.1, 0.15) is 0 Å². The number of hydrogen-bond donors (Lipinski definition) is 0. The second-order valence-corrected chi connectivity index (χ2v) is 8.11. The molecular formula is C24H29NO3S. The summed E-state index contributed by atoms with van der Waals surface area (Å²) in [5.74, 6) is -0.184. The summed E-state index contributed by atoms with van der Waals surface area (Å²) in [6, 6.07) is 2.01. The first-order valence-corrected chi connectivity index (χ1v) is 10.8. The molecule has 29 heavy (non-hydrogen) atoms. The van der Waals surface area contributed by atoms with Crippen molar-refractivity contribution < 1.29 is 14.4 Å². The highest BCUT2D eigenvalue weighted by Gasteiger charge is 2.28. The number of thioether (sulfide) groups is 1. The molecule has 0 N–H and O–H groups in total. The third-order valence-corrected chi connectivity index (χ3v) is 6.22. The van der Waals surface area contributed by atoms with Crippen LogP contribution in [0.15, 0.2) is 46.2 Å². The minimum absolute atomic E-state index is 0.0919. The zero-order valence-electron chi connectivity index (χ0n) is 17.7. The van der Waals surface area contributed by atoms with Crippen molar-refractivity contribution in [1.29, 1.82) is 0 Å². The Labute approximate surface area is 177 Å². The van der Waals surface area contributed by atoms with E-state index < -0.39 is 0 Å².